The van der Waals surface area contributed by atoms with E-state index in [1.165, 1.54) is 186 Å². The second-order valence-corrected chi connectivity index (χ2v) is 19.5. The quantitative estimate of drug-likeness (QED) is 0.0232. The van der Waals surface area contributed by atoms with E-state index >= 15 is 0 Å². The van der Waals surface area contributed by atoms with Crippen LogP contribution in [0, 0.1) is 0 Å². The van der Waals surface area contributed by atoms with Gasteiger partial charge < -0.3 is 25.2 Å². The molecule has 0 aliphatic carbocycles. The first-order valence-electron chi connectivity index (χ1n) is 26.4. The monoisotopic (exact) mass is 914 g/mol. The minimum Gasteiger partial charge on any atom is -0.480 e. The zero-order chi connectivity index (χ0) is 46.2. The smallest absolute Gasteiger partial charge is 0.472 e. The summed E-state index contributed by atoms with van der Waals surface area (Å²) in [6.07, 6.45) is 55.2. The zero-order valence-electron chi connectivity index (χ0n) is 40.9. The highest BCUT2D eigenvalue weighted by Gasteiger charge is 2.27. The normalized spacial score (nSPS) is 13.8. The van der Waals surface area contributed by atoms with Crippen molar-refractivity contribution in [1.82, 2.24) is 0 Å². The number of carbonyl (C=O) groups is 2. The maximum atomic E-state index is 12.7. The van der Waals surface area contributed by atoms with Gasteiger partial charge in [-0.05, 0) is 44.9 Å². The SMILES string of the molecule is CCCCCCC/C=C\C/C=C\CCCCCCCCCCCCCC(=O)OC(COCCCCCCCCCCCCCCCCCCCC)COP(=O)(O)OCC(N)C(=O)O. The summed E-state index contributed by atoms with van der Waals surface area (Å²) >= 11 is 0. The van der Waals surface area contributed by atoms with Crippen molar-refractivity contribution in [2.24, 2.45) is 5.73 Å². The number of phosphoric ester groups is 1. The van der Waals surface area contributed by atoms with Crippen LogP contribution in [0.3, 0.4) is 0 Å². The number of ether oxygens (including phenoxy) is 2. The zero-order valence-corrected chi connectivity index (χ0v) is 41.8. The number of phosphoric acid groups is 1. The van der Waals surface area contributed by atoms with Gasteiger partial charge in [0.1, 0.15) is 12.1 Å². The maximum Gasteiger partial charge on any atom is 0.472 e. The van der Waals surface area contributed by atoms with Crippen LogP contribution in [0.1, 0.15) is 258 Å². The molecule has 0 fully saturated rings. The molecule has 0 aromatic rings. The lowest BCUT2D eigenvalue weighted by molar-refractivity contribution is -0.154. The molecule has 0 bridgehead atoms. The van der Waals surface area contributed by atoms with Crippen molar-refractivity contribution in [1.29, 1.82) is 0 Å². The Bertz CT molecular complexity index is 1100. The van der Waals surface area contributed by atoms with Crippen molar-refractivity contribution in [3.8, 4) is 0 Å². The highest BCUT2D eigenvalue weighted by Crippen LogP contribution is 2.43. The van der Waals surface area contributed by atoms with Crippen LogP contribution in [0.4, 0.5) is 0 Å². The Labute approximate surface area is 387 Å². The summed E-state index contributed by atoms with van der Waals surface area (Å²) in [7, 11) is -4.62. The first kappa shape index (κ1) is 61.5. The Balaban J connectivity index is 4.09. The van der Waals surface area contributed by atoms with Crippen LogP contribution in [0.5, 0.6) is 0 Å². The molecule has 0 rings (SSSR count). The van der Waals surface area contributed by atoms with Crippen LogP contribution in [0.2, 0.25) is 0 Å². The largest absolute Gasteiger partial charge is 0.480 e. The summed E-state index contributed by atoms with van der Waals surface area (Å²) in [5, 5.41) is 8.93. The molecular weight excluding hydrogens is 814 g/mol. The average Bonchev–Trinajstić information content (AvgIpc) is 3.26. The van der Waals surface area contributed by atoms with E-state index in [1.54, 1.807) is 0 Å². The van der Waals surface area contributed by atoms with Crippen LogP contribution in [-0.2, 0) is 32.7 Å². The molecule has 3 atom stereocenters. The minimum absolute atomic E-state index is 0.0214. The van der Waals surface area contributed by atoms with Crippen LogP contribution >= 0.6 is 7.82 Å². The topological polar surface area (TPSA) is 155 Å². The number of allylic oxidation sites excluding steroid dienone is 4. The lowest BCUT2D eigenvalue weighted by Gasteiger charge is -2.20. The van der Waals surface area contributed by atoms with E-state index in [0.717, 1.165) is 44.9 Å². The highest BCUT2D eigenvalue weighted by atomic mass is 31.2. The Morgan fingerprint density at radius 3 is 1.29 bits per heavy atom. The van der Waals surface area contributed by atoms with Gasteiger partial charge in [-0.1, -0.05) is 231 Å². The van der Waals surface area contributed by atoms with Crippen molar-refractivity contribution in [2.75, 3.05) is 26.4 Å². The molecule has 63 heavy (non-hydrogen) atoms. The molecule has 0 radical (unpaired) electrons. The molecule has 0 spiro atoms. The third kappa shape index (κ3) is 48.2. The molecule has 0 aromatic heterocycles. The number of nitrogens with two attached hydrogens (primary N) is 1. The number of carboxylic acid groups (broad SMARTS) is 1. The van der Waals surface area contributed by atoms with Gasteiger partial charge in [0.2, 0.25) is 0 Å². The van der Waals surface area contributed by atoms with Gasteiger partial charge in [0.05, 0.1) is 19.8 Å². The van der Waals surface area contributed by atoms with Crippen molar-refractivity contribution in [2.45, 2.75) is 270 Å². The molecule has 0 saturated heterocycles. The summed E-state index contributed by atoms with van der Waals surface area (Å²) in [5.41, 5.74) is 5.38. The summed E-state index contributed by atoms with van der Waals surface area (Å²) in [6, 6.07) is -1.47. The van der Waals surface area contributed by atoms with Crippen LogP contribution in [0.25, 0.3) is 0 Å². The van der Waals surface area contributed by atoms with E-state index in [1.807, 2.05) is 0 Å². The van der Waals surface area contributed by atoms with Gasteiger partial charge in [0.15, 0.2) is 0 Å². The second kappa shape index (κ2) is 48.4. The molecule has 372 valence electrons. The van der Waals surface area contributed by atoms with Crippen LogP contribution in [-0.4, -0.2) is 60.5 Å². The fourth-order valence-electron chi connectivity index (χ4n) is 7.64. The number of rotatable bonds is 51. The summed E-state index contributed by atoms with van der Waals surface area (Å²) in [6.45, 7) is 3.93. The van der Waals surface area contributed by atoms with Gasteiger partial charge >= 0.3 is 19.8 Å². The molecular formula is C52H100NO9P. The van der Waals surface area contributed by atoms with E-state index < -0.39 is 45.1 Å². The van der Waals surface area contributed by atoms with E-state index in [0.29, 0.717) is 13.0 Å². The number of unbranched alkanes of at least 4 members (excludes halogenated alkanes) is 33. The van der Waals surface area contributed by atoms with E-state index in [2.05, 4.69) is 38.2 Å². The number of esters is 1. The van der Waals surface area contributed by atoms with Crippen LogP contribution in [0.15, 0.2) is 24.3 Å². The number of hydrogen-bond donors (Lipinski definition) is 3. The molecule has 0 aliphatic rings. The molecule has 0 saturated carbocycles. The van der Waals surface area contributed by atoms with E-state index in [9.17, 15) is 19.0 Å². The predicted molar refractivity (Wildman–Crippen MR) is 263 cm³/mol. The fraction of sp³-hybridized carbons (Fsp3) is 0.885. The Kier molecular flexibility index (Phi) is 47.2. The second-order valence-electron chi connectivity index (χ2n) is 18.0. The Hall–Kier alpha value is -1.55. The molecule has 3 unspecified atom stereocenters. The predicted octanol–water partition coefficient (Wildman–Crippen LogP) is 15.4. The number of aliphatic carboxylic acids is 1. The van der Waals surface area contributed by atoms with Gasteiger partial charge in [0, 0.05) is 13.0 Å². The molecule has 0 aliphatic heterocycles. The van der Waals surface area contributed by atoms with Gasteiger partial charge in [0.25, 0.3) is 0 Å². The van der Waals surface area contributed by atoms with Crippen LogP contribution < -0.4 is 5.73 Å². The number of carbonyl (C=O) groups excluding carboxylic acids is 1. The third-order valence-corrected chi connectivity index (χ3v) is 12.7. The molecule has 0 amide bonds. The molecule has 10 nitrogen and oxygen atoms in total. The molecule has 4 N–H and O–H groups in total. The third-order valence-electron chi connectivity index (χ3n) is 11.7. The highest BCUT2D eigenvalue weighted by molar-refractivity contribution is 7.47. The van der Waals surface area contributed by atoms with E-state index in [-0.39, 0.29) is 13.0 Å². The van der Waals surface area contributed by atoms with Crippen molar-refractivity contribution in [3.63, 3.8) is 0 Å². The number of carboxylic acids is 1. The molecule has 11 heteroatoms. The van der Waals surface area contributed by atoms with Gasteiger partial charge in [-0.2, -0.15) is 0 Å². The van der Waals surface area contributed by atoms with Crippen molar-refractivity contribution >= 4 is 19.8 Å². The number of hydrogen-bond acceptors (Lipinski definition) is 8. The summed E-state index contributed by atoms with van der Waals surface area (Å²) < 4.78 is 33.5. The standard InChI is InChI=1S/C52H100NO9P/c1-3-5-7-9-11-13-15-17-19-21-23-24-25-26-27-28-30-32-34-36-38-40-42-44-51(54)62-49(47-60-63(57,58)61-48-50(53)52(55)56)46-59-45-43-41-39-37-35-33-31-29-22-20-18-16-14-12-10-8-6-4-2/h15,17,21,23,49-50H,3-14,16,18-20,22,24-48,53H2,1-2H3,(H,55,56)(H,57,58)/b17-15-,23-21-. The first-order valence-corrected chi connectivity index (χ1v) is 27.9. The lowest BCUT2D eigenvalue weighted by Crippen LogP contribution is -2.34. The average molecular weight is 914 g/mol. The maximum absolute atomic E-state index is 12.7. The Morgan fingerprint density at radius 1 is 0.508 bits per heavy atom. The summed E-state index contributed by atoms with van der Waals surface area (Å²) in [4.78, 5) is 33.7. The molecule has 0 heterocycles. The fourth-order valence-corrected chi connectivity index (χ4v) is 8.42. The first-order chi connectivity index (χ1) is 30.7. The van der Waals surface area contributed by atoms with Crippen molar-refractivity contribution < 1.29 is 42.7 Å². The van der Waals surface area contributed by atoms with E-state index in [4.69, 9.17) is 29.4 Å². The van der Waals surface area contributed by atoms with Gasteiger partial charge in [-0.3, -0.25) is 18.6 Å². The summed E-state index contributed by atoms with van der Waals surface area (Å²) in [5.74, 6) is -1.77. The molecule has 0 aromatic carbocycles. The van der Waals surface area contributed by atoms with Gasteiger partial charge in [-0.25, -0.2) is 4.57 Å². The Morgan fingerprint density at radius 2 is 0.873 bits per heavy atom. The van der Waals surface area contributed by atoms with Crippen molar-refractivity contribution in [3.05, 3.63) is 24.3 Å². The minimum atomic E-state index is -4.62. The lowest BCUT2D eigenvalue weighted by atomic mass is 10.0. The van der Waals surface area contributed by atoms with Gasteiger partial charge in [-0.15, -0.1) is 0 Å².